The standard InChI is InChI=1S/C12H11FN2O.C9H12.C3H8/c1-7(16)9-6-15-12-8(11(9)14-2)4-3-5-10(12)13;1-3-9-6-4-8(2)5-7-9;1-3-2/h3-6H,1-2H3,(H,14,15);4-7H,3H2,1-2H3;3H2,1-2H3. The van der Waals surface area contributed by atoms with Crippen LogP contribution in [0.3, 0.4) is 0 Å². The van der Waals surface area contributed by atoms with Crippen molar-refractivity contribution in [2.24, 2.45) is 0 Å². The summed E-state index contributed by atoms with van der Waals surface area (Å²) in [4.78, 5) is 15.4. The van der Waals surface area contributed by atoms with Gasteiger partial charge < -0.3 is 5.32 Å². The molecule has 1 heterocycles. The zero-order valence-corrected chi connectivity index (χ0v) is 17.8. The fourth-order valence-corrected chi connectivity index (χ4v) is 2.55. The summed E-state index contributed by atoms with van der Waals surface area (Å²) >= 11 is 0. The summed E-state index contributed by atoms with van der Waals surface area (Å²) in [5.74, 6) is -0.480. The fourth-order valence-electron chi connectivity index (χ4n) is 2.55. The van der Waals surface area contributed by atoms with Crippen LogP contribution in [-0.4, -0.2) is 17.8 Å². The Morgan fingerprint density at radius 1 is 1.07 bits per heavy atom. The Kier molecular flexibility index (Phi) is 9.86. The van der Waals surface area contributed by atoms with Crippen molar-refractivity contribution in [3.8, 4) is 0 Å². The number of hydrogen-bond acceptors (Lipinski definition) is 3. The van der Waals surface area contributed by atoms with Gasteiger partial charge in [0.25, 0.3) is 0 Å². The summed E-state index contributed by atoms with van der Waals surface area (Å²) in [6.45, 7) is 9.99. The van der Waals surface area contributed by atoms with Crippen LogP contribution in [0.4, 0.5) is 10.1 Å². The Bertz CT molecular complexity index is 889. The van der Waals surface area contributed by atoms with E-state index in [4.69, 9.17) is 0 Å². The van der Waals surface area contributed by atoms with Crippen molar-refractivity contribution in [2.75, 3.05) is 12.4 Å². The van der Waals surface area contributed by atoms with Crippen LogP contribution in [0.1, 0.15) is 55.6 Å². The number of ketones is 1. The molecule has 0 atom stereocenters. The molecular formula is C24H31FN2O. The molecule has 0 bridgehead atoms. The lowest BCUT2D eigenvalue weighted by molar-refractivity contribution is 0.101. The number of carbonyl (C=O) groups excluding carboxylic acids is 1. The Labute approximate surface area is 168 Å². The second-order valence-corrected chi connectivity index (χ2v) is 6.54. The maximum absolute atomic E-state index is 13.5. The monoisotopic (exact) mass is 382 g/mol. The SMILES string of the molecule is CCC.CCc1ccc(C)cc1.CNc1c(C(C)=O)cnc2c(F)cccc12. The Balaban J connectivity index is 0.000000276. The average Bonchev–Trinajstić information content (AvgIpc) is 2.69. The molecule has 0 radical (unpaired) electrons. The molecule has 0 unspecified atom stereocenters. The molecule has 0 saturated carbocycles. The summed E-state index contributed by atoms with van der Waals surface area (Å²) in [6.07, 6.45) is 3.79. The van der Waals surface area contributed by atoms with Gasteiger partial charge in [-0.05, 0) is 31.9 Å². The molecule has 1 aromatic heterocycles. The number of benzene rings is 2. The lowest BCUT2D eigenvalue weighted by Crippen LogP contribution is -2.03. The number of nitrogens with one attached hydrogen (secondary N) is 1. The van der Waals surface area contributed by atoms with E-state index in [0.29, 0.717) is 16.6 Å². The highest BCUT2D eigenvalue weighted by Crippen LogP contribution is 2.27. The van der Waals surface area contributed by atoms with E-state index < -0.39 is 0 Å². The van der Waals surface area contributed by atoms with Gasteiger partial charge in [-0.3, -0.25) is 9.78 Å². The molecule has 0 fully saturated rings. The topological polar surface area (TPSA) is 42.0 Å². The minimum absolute atomic E-state index is 0.0944. The molecule has 2 aromatic carbocycles. The molecule has 0 aliphatic carbocycles. The second-order valence-electron chi connectivity index (χ2n) is 6.54. The van der Waals surface area contributed by atoms with E-state index in [0.717, 1.165) is 6.42 Å². The van der Waals surface area contributed by atoms with Crippen LogP contribution in [0.15, 0.2) is 48.7 Å². The van der Waals surface area contributed by atoms with E-state index in [1.165, 1.54) is 36.7 Å². The number of carbonyl (C=O) groups is 1. The maximum atomic E-state index is 13.5. The first-order valence-electron chi connectivity index (χ1n) is 9.70. The predicted octanol–water partition coefficient (Wildman–Crippen LogP) is 6.59. The Morgan fingerprint density at radius 3 is 2.18 bits per heavy atom. The zero-order chi connectivity index (χ0) is 21.1. The first-order valence-corrected chi connectivity index (χ1v) is 9.70. The molecular weight excluding hydrogens is 351 g/mol. The van der Waals surface area contributed by atoms with Crippen molar-refractivity contribution in [1.82, 2.24) is 4.98 Å². The molecule has 4 heteroatoms. The van der Waals surface area contributed by atoms with Crippen LogP contribution in [-0.2, 0) is 6.42 Å². The molecule has 0 amide bonds. The van der Waals surface area contributed by atoms with E-state index in [-0.39, 0.29) is 17.1 Å². The van der Waals surface area contributed by atoms with E-state index in [1.807, 2.05) is 0 Å². The highest BCUT2D eigenvalue weighted by Gasteiger charge is 2.12. The van der Waals surface area contributed by atoms with Crippen molar-refractivity contribution in [1.29, 1.82) is 0 Å². The number of Topliss-reactive ketones (excluding diaryl/α,β-unsaturated/α-hetero) is 1. The van der Waals surface area contributed by atoms with Crippen molar-refractivity contribution in [3.63, 3.8) is 0 Å². The molecule has 3 rings (SSSR count). The third-order valence-corrected chi connectivity index (χ3v) is 4.01. The number of anilines is 1. The third kappa shape index (κ3) is 6.45. The number of hydrogen-bond donors (Lipinski definition) is 1. The van der Waals surface area contributed by atoms with Crippen molar-refractivity contribution < 1.29 is 9.18 Å². The van der Waals surface area contributed by atoms with E-state index in [2.05, 4.69) is 62.3 Å². The second kappa shape index (κ2) is 11.9. The smallest absolute Gasteiger partial charge is 0.163 e. The number of aryl methyl sites for hydroxylation is 2. The molecule has 0 spiro atoms. The van der Waals surface area contributed by atoms with Gasteiger partial charge >= 0.3 is 0 Å². The van der Waals surface area contributed by atoms with Crippen molar-refractivity contribution in [2.45, 2.75) is 47.5 Å². The molecule has 1 N–H and O–H groups in total. The lowest BCUT2D eigenvalue weighted by atomic mass is 10.1. The molecule has 3 nitrogen and oxygen atoms in total. The third-order valence-electron chi connectivity index (χ3n) is 4.01. The van der Waals surface area contributed by atoms with Gasteiger partial charge in [0.05, 0.1) is 11.3 Å². The van der Waals surface area contributed by atoms with Gasteiger partial charge in [-0.15, -0.1) is 0 Å². The number of fused-ring (bicyclic) bond motifs is 1. The minimum atomic E-state index is -0.385. The summed E-state index contributed by atoms with van der Waals surface area (Å²) in [5.41, 5.74) is 4.13. The van der Waals surface area contributed by atoms with Crippen LogP contribution >= 0.6 is 0 Å². The normalized spacial score (nSPS) is 9.68. The fraction of sp³-hybridized carbons (Fsp3) is 0.333. The summed E-state index contributed by atoms with van der Waals surface area (Å²) in [6, 6.07) is 13.3. The first-order chi connectivity index (χ1) is 13.4. The van der Waals surface area contributed by atoms with Gasteiger partial charge in [-0.1, -0.05) is 69.2 Å². The minimum Gasteiger partial charge on any atom is -0.387 e. The number of pyridine rings is 1. The summed E-state index contributed by atoms with van der Waals surface area (Å²) < 4.78 is 13.5. The van der Waals surface area contributed by atoms with E-state index in [1.54, 1.807) is 19.2 Å². The Morgan fingerprint density at radius 2 is 1.68 bits per heavy atom. The first kappa shape index (κ1) is 23.3. The quantitative estimate of drug-likeness (QED) is 0.519. The largest absolute Gasteiger partial charge is 0.387 e. The van der Waals surface area contributed by atoms with Crippen LogP contribution < -0.4 is 5.32 Å². The molecule has 28 heavy (non-hydrogen) atoms. The summed E-state index contributed by atoms with van der Waals surface area (Å²) in [7, 11) is 1.70. The molecule has 3 aromatic rings. The lowest BCUT2D eigenvalue weighted by Gasteiger charge is -2.09. The van der Waals surface area contributed by atoms with Crippen molar-refractivity contribution >= 4 is 22.4 Å². The van der Waals surface area contributed by atoms with Crippen LogP contribution in [0.2, 0.25) is 0 Å². The number of rotatable bonds is 3. The average molecular weight is 383 g/mol. The van der Waals surface area contributed by atoms with E-state index in [9.17, 15) is 9.18 Å². The van der Waals surface area contributed by atoms with Gasteiger partial charge in [-0.25, -0.2) is 4.39 Å². The number of nitrogens with zero attached hydrogens (tertiary/aromatic N) is 1. The predicted molar refractivity (Wildman–Crippen MR) is 118 cm³/mol. The number of halogens is 1. The maximum Gasteiger partial charge on any atom is 0.163 e. The van der Waals surface area contributed by atoms with Crippen molar-refractivity contribution in [3.05, 3.63) is 71.2 Å². The Hall–Kier alpha value is -2.75. The van der Waals surface area contributed by atoms with Crippen LogP contribution in [0.5, 0.6) is 0 Å². The van der Waals surface area contributed by atoms with E-state index >= 15 is 0 Å². The number of para-hydroxylation sites is 1. The highest BCUT2D eigenvalue weighted by atomic mass is 19.1. The van der Waals surface area contributed by atoms with Gasteiger partial charge in [0.2, 0.25) is 0 Å². The molecule has 0 aliphatic rings. The van der Waals surface area contributed by atoms with Gasteiger partial charge in [-0.2, -0.15) is 0 Å². The summed E-state index contributed by atoms with van der Waals surface area (Å²) in [5, 5.41) is 3.54. The van der Waals surface area contributed by atoms with Gasteiger partial charge in [0.1, 0.15) is 11.3 Å². The van der Waals surface area contributed by atoms with Gasteiger partial charge in [0, 0.05) is 18.6 Å². The number of aromatic nitrogens is 1. The van der Waals surface area contributed by atoms with Crippen LogP contribution in [0, 0.1) is 12.7 Å². The van der Waals surface area contributed by atoms with Gasteiger partial charge in [0.15, 0.2) is 5.78 Å². The zero-order valence-electron chi connectivity index (χ0n) is 17.8. The molecule has 150 valence electrons. The molecule has 0 aliphatic heterocycles. The van der Waals surface area contributed by atoms with Crippen LogP contribution in [0.25, 0.3) is 10.9 Å². The molecule has 0 saturated heterocycles. The highest BCUT2D eigenvalue weighted by molar-refractivity contribution is 6.07.